The topological polar surface area (TPSA) is 115 Å². The van der Waals surface area contributed by atoms with Crippen molar-refractivity contribution in [3.8, 4) is 5.88 Å². The van der Waals surface area contributed by atoms with Crippen molar-refractivity contribution in [2.24, 2.45) is 11.7 Å². The molecule has 0 spiro atoms. The largest absolute Gasteiger partial charge is 0.473 e. The van der Waals surface area contributed by atoms with E-state index in [1.165, 1.54) is 22.6 Å². The minimum Gasteiger partial charge on any atom is -0.473 e. The van der Waals surface area contributed by atoms with E-state index in [0.717, 1.165) is 0 Å². The highest BCUT2D eigenvalue weighted by atomic mass is 32.2. The third-order valence-corrected chi connectivity index (χ3v) is 6.84. The van der Waals surface area contributed by atoms with Gasteiger partial charge in [0, 0.05) is 44.4 Å². The van der Waals surface area contributed by atoms with Crippen LogP contribution in [0, 0.1) is 5.92 Å². The summed E-state index contributed by atoms with van der Waals surface area (Å²) in [4.78, 5) is 18.3. The molecule has 0 aromatic carbocycles. The fourth-order valence-electron chi connectivity index (χ4n) is 3.25. The molecule has 11 heteroatoms. The van der Waals surface area contributed by atoms with Gasteiger partial charge in [0.1, 0.15) is 11.5 Å². The van der Waals surface area contributed by atoms with Gasteiger partial charge in [-0.15, -0.1) is 0 Å². The minimum absolute atomic E-state index is 0.0161. The van der Waals surface area contributed by atoms with Gasteiger partial charge in [-0.3, -0.25) is 4.79 Å². The van der Waals surface area contributed by atoms with Crippen molar-refractivity contribution in [3.63, 3.8) is 0 Å². The van der Waals surface area contributed by atoms with E-state index in [1.54, 1.807) is 4.90 Å². The second-order valence-corrected chi connectivity index (χ2v) is 8.82. The normalized spacial score (nSPS) is 21.4. The fraction of sp³-hybridized carbons (Fsp3) is 0.556. The number of pyridine rings is 1. The van der Waals surface area contributed by atoms with Crippen LogP contribution in [-0.4, -0.2) is 81.1 Å². The molecule has 1 atom stereocenters. The van der Waals surface area contributed by atoms with Crippen LogP contribution in [0.25, 0.3) is 0 Å². The Morgan fingerprint density at radius 3 is 2.72 bits per heavy atom. The van der Waals surface area contributed by atoms with Gasteiger partial charge in [-0.1, -0.05) is 0 Å². The van der Waals surface area contributed by atoms with E-state index in [1.807, 2.05) is 0 Å². The molecule has 0 radical (unpaired) electrons. The van der Waals surface area contributed by atoms with Crippen molar-refractivity contribution in [1.82, 2.24) is 14.2 Å². The van der Waals surface area contributed by atoms with E-state index in [2.05, 4.69) is 4.98 Å². The average molecular weight is 428 g/mol. The highest BCUT2D eigenvalue weighted by molar-refractivity contribution is 7.89. The van der Waals surface area contributed by atoms with E-state index < -0.39 is 10.0 Å². The standard InChI is InChI=1S/C18H25FN4O5S/c19-9-14(10-20)13-28-17-2-1-16(11-21-17)29(25,26)23-4-3-15(12-23)18(24)22-5-7-27-8-6-22/h1-2,9,11,15H,3-8,10,12-13,20H2/b14-9-/t15-/m0/s1. The number of sulfonamides is 1. The number of halogens is 1. The highest BCUT2D eigenvalue weighted by Crippen LogP contribution is 2.26. The van der Waals surface area contributed by atoms with Gasteiger partial charge in [0.15, 0.2) is 0 Å². The summed E-state index contributed by atoms with van der Waals surface area (Å²) in [6, 6.07) is 2.79. The minimum atomic E-state index is -3.76. The van der Waals surface area contributed by atoms with E-state index >= 15 is 0 Å². The first-order chi connectivity index (χ1) is 14.0. The van der Waals surface area contributed by atoms with Gasteiger partial charge in [-0.05, 0) is 12.5 Å². The number of aromatic nitrogens is 1. The number of ether oxygens (including phenoxy) is 2. The summed E-state index contributed by atoms with van der Waals surface area (Å²) in [7, 11) is -3.76. The van der Waals surface area contributed by atoms with E-state index in [0.29, 0.717) is 39.1 Å². The number of nitrogens with two attached hydrogens (primary N) is 1. The molecule has 29 heavy (non-hydrogen) atoms. The second kappa shape index (κ2) is 9.61. The third-order valence-electron chi connectivity index (χ3n) is 4.99. The predicted octanol–water partition coefficient (Wildman–Crippen LogP) is 0.142. The number of hydrogen-bond donors (Lipinski definition) is 1. The molecule has 0 saturated carbocycles. The molecule has 2 fully saturated rings. The fourth-order valence-corrected chi connectivity index (χ4v) is 4.69. The van der Waals surface area contributed by atoms with Gasteiger partial charge in [0.05, 0.1) is 31.7 Å². The summed E-state index contributed by atoms with van der Waals surface area (Å²) >= 11 is 0. The zero-order valence-electron chi connectivity index (χ0n) is 16.0. The highest BCUT2D eigenvalue weighted by Gasteiger charge is 2.37. The number of hydrogen-bond acceptors (Lipinski definition) is 7. The van der Waals surface area contributed by atoms with Gasteiger partial charge in [0.25, 0.3) is 0 Å². The van der Waals surface area contributed by atoms with Crippen molar-refractivity contribution in [2.45, 2.75) is 11.3 Å². The maximum atomic E-state index is 12.9. The summed E-state index contributed by atoms with van der Waals surface area (Å²) in [5, 5.41) is 0. The molecule has 160 valence electrons. The van der Waals surface area contributed by atoms with Gasteiger partial charge in [-0.2, -0.15) is 4.31 Å². The summed E-state index contributed by atoms with van der Waals surface area (Å²) < 4.78 is 50.1. The molecule has 2 saturated heterocycles. The van der Waals surface area contributed by atoms with Gasteiger partial charge in [-0.25, -0.2) is 17.8 Å². The molecule has 0 unspecified atom stereocenters. The lowest BCUT2D eigenvalue weighted by atomic mass is 10.1. The average Bonchev–Trinajstić information content (AvgIpc) is 3.26. The first-order valence-electron chi connectivity index (χ1n) is 9.39. The van der Waals surface area contributed by atoms with E-state index in [-0.39, 0.29) is 54.4 Å². The first kappa shape index (κ1) is 21.6. The van der Waals surface area contributed by atoms with Crippen LogP contribution in [0.5, 0.6) is 5.88 Å². The number of nitrogens with zero attached hydrogens (tertiary/aromatic N) is 3. The molecular formula is C18H25FN4O5S. The molecule has 0 bridgehead atoms. The van der Waals surface area contributed by atoms with Crippen LogP contribution in [-0.2, 0) is 19.6 Å². The SMILES string of the molecule is NC/C(=C/F)COc1ccc(S(=O)(=O)N2CC[C@H](C(=O)N3CCOCC3)C2)cn1. The summed E-state index contributed by atoms with van der Waals surface area (Å²) in [6.45, 7) is 2.48. The third kappa shape index (κ3) is 5.10. The van der Waals surface area contributed by atoms with Crippen LogP contribution in [0.1, 0.15) is 6.42 Å². The van der Waals surface area contributed by atoms with Crippen LogP contribution >= 0.6 is 0 Å². The van der Waals surface area contributed by atoms with Crippen molar-refractivity contribution in [2.75, 3.05) is 52.5 Å². The molecule has 1 amide bonds. The quantitative estimate of drug-likeness (QED) is 0.657. The Hall–Kier alpha value is -2.08. The van der Waals surface area contributed by atoms with Gasteiger partial charge in [0.2, 0.25) is 21.8 Å². The number of carbonyl (C=O) groups excluding carboxylic acids is 1. The van der Waals surface area contributed by atoms with Crippen LogP contribution in [0.2, 0.25) is 0 Å². The van der Waals surface area contributed by atoms with Crippen molar-refractivity contribution in [1.29, 1.82) is 0 Å². The van der Waals surface area contributed by atoms with E-state index in [4.69, 9.17) is 15.2 Å². The Balaban J connectivity index is 1.61. The molecular weight excluding hydrogens is 403 g/mol. The molecule has 9 nitrogen and oxygen atoms in total. The lowest BCUT2D eigenvalue weighted by Crippen LogP contribution is -2.44. The zero-order valence-corrected chi connectivity index (χ0v) is 16.8. The molecule has 2 aliphatic rings. The summed E-state index contributed by atoms with van der Waals surface area (Å²) in [5.41, 5.74) is 5.61. The summed E-state index contributed by atoms with van der Waals surface area (Å²) in [6.07, 6.45) is 2.06. The molecule has 2 aliphatic heterocycles. The van der Waals surface area contributed by atoms with Crippen molar-refractivity contribution >= 4 is 15.9 Å². The van der Waals surface area contributed by atoms with Gasteiger partial charge >= 0.3 is 0 Å². The Bertz CT molecular complexity index is 840. The number of rotatable bonds is 7. The van der Waals surface area contributed by atoms with Crippen molar-refractivity contribution < 1.29 is 27.1 Å². The lowest BCUT2D eigenvalue weighted by molar-refractivity contribution is -0.139. The van der Waals surface area contributed by atoms with Crippen LogP contribution < -0.4 is 10.5 Å². The molecule has 3 rings (SSSR count). The Morgan fingerprint density at radius 2 is 2.10 bits per heavy atom. The molecule has 0 aliphatic carbocycles. The number of morpholine rings is 1. The number of carbonyl (C=O) groups is 1. The van der Waals surface area contributed by atoms with Gasteiger partial charge < -0.3 is 20.1 Å². The first-order valence-corrected chi connectivity index (χ1v) is 10.8. The monoisotopic (exact) mass is 428 g/mol. The Labute approximate surface area is 169 Å². The van der Waals surface area contributed by atoms with E-state index in [9.17, 15) is 17.6 Å². The maximum Gasteiger partial charge on any atom is 0.244 e. The second-order valence-electron chi connectivity index (χ2n) is 6.88. The maximum absolute atomic E-state index is 12.9. The smallest absolute Gasteiger partial charge is 0.244 e. The molecule has 3 heterocycles. The molecule has 2 N–H and O–H groups in total. The Morgan fingerprint density at radius 1 is 1.34 bits per heavy atom. The molecule has 1 aromatic heterocycles. The van der Waals surface area contributed by atoms with Crippen LogP contribution in [0.4, 0.5) is 4.39 Å². The summed E-state index contributed by atoms with van der Waals surface area (Å²) in [5.74, 6) is -0.205. The van der Waals surface area contributed by atoms with Crippen molar-refractivity contribution in [3.05, 3.63) is 30.2 Å². The Kier molecular flexibility index (Phi) is 7.17. The van der Waals surface area contributed by atoms with Crippen LogP contribution in [0.3, 0.4) is 0 Å². The van der Waals surface area contributed by atoms with Crippen LogP contribution in [0.15, 0.2) is 35.1 Å². The molecule has 1 aromatic rings. The lowest BCUT2D eigenvalue weighted by Gasteiger charge is -2.29. The predicted molar refractivity (Wildman–Crippen MR) is 102 cm³/mol. The number of amides is 1. The zero-order chi connectivity index (χ0) is 20.9.